The van der Waals surface area contributed by atoms with Gasteiger partial charge in [0.15, 0.2) is 0 Å². The molecule has 3 rings (SSSR count). The number of carbonyl (C=O) groups is 3. The Balaban J connectivity index is 1.54. The van der Waals surface area contributed by atoms with Gasteiger partial charge in [0, 0.05) is 50.0 Å². The molecule has 0 bridgehead atoms. The van der Waals surface area contributed by atoms with E-state index in [2.05, 4.69) is 15.5 Å². The topological polar surface area (TPSA) is 91.0 Å². The highest BCUT2D eigenvalue weighted by atomic mass is 16.5. The van der Waals surface area contributed by atoms with Crippen LogP contribution in [0.15, 0.2) is 18.2 Å². The number of hydrogen-bond acceptors (Lipinski definition) is 5. The molecule has 0 atom stereocenters. The van der Waals surface area contributed by atoms with Gasteiger partial charge in [-0.05, 0) is 36.6 Å². The van der Waals surface area contributed by atoms with Crippen molar-refractivity contribution in [2.45, 2.75) is 26.7 Å². The first-order valence-electron chi connectivity index (χ1n) is 10.3. The molecule has 29 heavy (non-hydrogen) atoms. The van der Waals surface area contributed by atoms with E-state index >= 15 is 0 Å². The summed E-state index contributed by atoms with van der Waals surface area (Å²) in [6.45, 7) is 8.69. The average molecular weight is 402 g/mol. The molecule has 0 radical (unpaired) electrons. The second-order valence-electron chi connectivity index (χ2n) is 7.76. The number of amides is 3. The van der Waals surface area contributed by atoms with Crippen LogP contribution in [-0.2, 0) is 25.5 Å². The molecule has 8 heteroatoms. The number of anilines is 2. The number of nitrogens with one attached hydrogen (secondary N) is 2. The maximum Gasteiger partial charge on any atom is 0.313 e. The molecule has 3 amide bonds. The van der Waals surface area contributed by atoms with Gasteiger partial charge in [-0.2, -0.15) is 0 Å². The summed E-state index contributed by atoms with van der Waals surface area (Å²) in [6.07, 6.45) is 1.72. The second-order valence-corrected chi connectivity index (χ2v) is 7.76. The Bertz CT molecular complexity index is 759. The first-order valence-corrected chi connectivity index (χ1v) is 10.3. The highest BCUT2D eigenvalue weighted by Crippen LogP contribution is 2.30. The zero-order valence-corrected chi connectivity index (χ0v) is 17.2. The van der Waals surface area contributed by atoms with E-state index in [0.717, 1.165) is 37.2 Å². The Morgan fingerprint density at radius 1 is 1.10 bits per heavy atom. The third kappa shape index (κ3) is 5.55. The third-order valence-electron chi connectivity index (χ3n) is 5.24. The molecule has 2 heterocycles. The summed E-state index contributed by atoms with van der Waals surface area (Å²) >= 11 is 0. The van der Waals surface area contributed by atoms with Crippen LogP contribution in [-0.4, -0.2) is 68.6 Å². The van der Waals surface area contributed by atoms with Gasteiger partial charge in [-0.1, -0.05) is 13.8 Å². The normalized spacial score (nSPS) is 17.0. The van der Waals surface area contributed by atoms with E-state index in [4.69, 9.17) is 4.74 Å². The third-order valence-corrected chi connectivity index (χ3v) is 5.24. The van der Waals surface area contributed by atoms with Crippen molar-refractivity contribution in [1.82, 2.24) is 10.2 Å². The van der Waals surface area contributed by atoms with Crippen molar-refractivity contribution in [2.24, 2.45) is 5.92 Å². The van der Waals surface area contributed by atoms with Crippen molar-refractivity contribution in [3.05, 3.63) is 23.8 Å². The van der Waals surface area contributed by atoms with Crippen LogP contribution in [0.25, 0.3) is 0 Å². The van der Waals surface area contributed by atoms with Gasteiger partial charge in [0.1, 0.15) is 0 Å². The Morgan fingerprint density at radius 2 is 1.86 bits per heavy atom. The number of aryl methyl sites for hydroxylation is 1. The maximum absolute atomic E-state index is 12.4. The van der Waals surface area contributed by atoms with Crippen LogP contribution in [0.4, 0.5) is 11.4 Å². The minimum Gasteiger partial charge on any atom is -0.379 e. The summed E-state index contributed by atoms with van der Waals surface area (Å²) < 4.78 is 5.29. The molecule has 2 aliphatic rings. The molecule has 1 aromatic rings. The van der Waals surface area contributed by atoms with E-state index in [1.54, 1.807) is 6.07 Å². The summed E-state index contributed by atoms with van der Waals surface area (Å²) in [5.74, 6) is -1.30. The van der Waals surface area contributed by atoms with E-state index in [1.807, 2.05) is 30.9 Å². The fourth-order valence-electron chi connectivity index (χ4n) is 3.64. The molecule has 0 aliphatic carbocycles. The number of rotatable bonds is 5. The second kappa shape index (κ2) is 9.84. The lowest BCUT2D eigenvalue weighted by molar-refractivity contribution is -0.136. The molecule has 8 nitrogen and oxygen atoms in total. The molecule has 2 aliphatic heterocycles. The fraction of sp³-hybridized carbons (Fsp3) is 0.571. The van der Waals surface area contributed by atoms with Gasteiger partial charge in [-0.25, -0.2) is 0 Å². The Labute approximate surface area is 171 Å². The molecule has 0 aromatic heterocycles. The molecular formula is C21H30N4O4. The highest BCUT2D eigenvalue weighted by Gasteiger charge is 2.25. The summed E-state index contributed by atoms with van der Waals surface area (Å²) in [6, 6.07) is 5.44. The van der Waals surface area contributed by atoms with Gasteiger partial charge in [-0.15, -0.1) is 0 Å². The van der Waals surface area contributed by atoms with E-state index in [9.17, 15) is 14.4 Å². The van der Waals surface area contributed by atoms with Gasteiger partial charge in [-0.3, -0.25) is 19.3 Å². The molecule has 1 aromatic carbocycles. The molecule has 0 saturated carbocycles. The quantitative estimate of drug-likeness (QED) is 0.718. The first-order chi connectivity index (χ1) is 14.0. The predicted octanol–water partition coefficient (Wildman–Crippen LogP) is 1.01. The Morgan fingerprint density at radius 3 is 2.59 bits per heavy atom. The van der Waals surface area contributed by atoms with Crippen LogP contribution in [0.2, 0.25) is 0 Å². The molecule has 158 valence electrons. The summed E-state index contributed by atoms with van der Waals surface area (Å²) in [5, 5.41) is 5.32. The van der Waals surface area contributed by atoms with Gasteiger partial charge < -0.3 is 20.3 Å². The first kappa shape index (κ1) is 21.3. The zero-order chi connectivity index (χ0) is 20.8. The number of nitrogens with zero attached hydrogens (tertiary/aromatic N) is 2. The fourth-order valence-corrected chi connectivity index (χ4v) is 3.64. The van der Waals surface area contributed by atoms with Crippen molar-refractivity contribution in [3.63, 3.8) is 0 Å². The zero-order valence-electron chi connectivity index (χ0n) is 17.2. The molecule has 1 fully saturated rings. The van der Waals surface area contributed by atoms with Crippen molar-refractivity contribution in [2.75, 3.05) is 56.2 Å². The highest BCUT2D eigenvalue weighted by molar-refractivity contribution is 6.39. The van der Waals surface area contributed by atoms with Crippen LogP contribution in [0, 0.1) is 5.92 Å². The monoisotopic (exact) mass is 402 g/mol. The largest absolute Gasteiger partial charge is 0.379 e. The number of morpholine rings is 1. The lowest BCUT2D eigenvalue weighted by Gasteiger charge is -2.31. The van der Waals surface area contributed by atoms with Gasteiger partial charge in [0.25, 0.3) is 0 Å². The summed E-state index contributed by atoms with van der Waals surface area (Å²) in [5.41, 5.74) is 2.47. The maximum atomic E-state index is 12.4. The van der Waals surface area contributed by atoms with Crippen molar-refractivity contribution in [1.29, 1.82) is 0 Å². The number of ether oxygens (including phenoxy) is 1. The van der Waals surface area contributed by atoms with Gasteiger partial charge in [0.05, 0.1) is 13.2 Å². The molecule has 0 unspecified atom stereocenters. The van der Waals surface area contributed by atoms with Crippen molar-refractivity contribution >= 4 is 29.1 Å². The van der Waals surface area contributed by atoms with Crippen LogP contribution in [0.3, 0.4) is 0 Å². The van der Waals surface area contributed by atoms with E-state index < -0.39 is 11.8 Å². The van der Waals surface area contributed by atoms with Crippen molar-refractivity contribution < 1.29 is 19.1 Å². The van der Waals surface area contributed by atoms with Crippen LogP contribution in [0.1, 0.15) is 25.8 Å². The lowest BCUT2D eigenvalue weighted by atomic mass is 9.99. The van der Waals surface area contributed by atoms with E-state index in [1.165, 1.54) is 0 Å². The Kier molecular flexibility index (Phi) is 7.22. The molecular weight excluding hydrogens is 372 g/mol. The van der Waals surface area contributed by atoms with Crippen LogP contribution in [0.5, 0.6) is 0 Å². The van der Waals surface area contributed by atoms with Crippen LogP contribution >= 0.6 is 0 Å². The number of fused-ring (bicyclic) bond motifs is 1. The smallest absolute Gasteiger partial charge is 0.313 e. The summed E-state index contributed by atoms with van der Waals surface area (Å²) in [4.78, 5) is 40.7. The number of carbonyl (C=O) groups excluding carboxylic acids is 3. The molecule has 0 spiro atoms. The standard InChI is InChI=1S/C21H30N4O4/c1-15(2)21(28)25-8-3-4-16-14-17(5-6-18(16)25)23-20(27)19(26)22-7-9-24-10-12-29-13-11-24/h5-6,14-15H,3-4,7-13H2,1-2H3,(H,22,26)(H,23,27). The van der Waals surface area contributed by atoms with Crippen molar-refractivity contribution in [3.8, 4) is 0 Å². The average Bonchev–Trinajstić information content (AvgIpc) is 2.73. The summed E-state index contributed by atoms with van der Waals surface area (Å²) in [7, 11) is 0. The molecule has 2 N–H and O–H groups in total. The van der Waals surface area contributed by atoms with E-state index in [0.29, 0.717) is 38.5 Å². The minimum atomic E-state index is -0.683. The molecule has 1 saturated heterocycles. The van der Waals surface area contributed by atoms with E-state index in [-0.39, 0.29) is 11.8 Å². The number of hydrogen-bond donors (Lipinski definition) is 2. The van der Waals surface area contributed by atoms with Gasteiger partial charge >= 0.3 is 11.8 Å². The Hall–Kier alpha value is -2.45. The van der Waals surface area contributed by atoms with Crippen LogP contribution < -0.4 is 15.5 Å². The van der Waals surface area contributed by atoms with Gasteiger partial charge in [0.2, 0.25) is 5.91 Å². The number of benzene rings is 1. The minimum absolute atomic E-state index is 0.0681. The SMILES string of the molecule is CC(C)C(=O)N1CCCc2cc(NC(=O)C(=O)NCCN3CCOCC3)ccc21. The predicted molar refractivity (Wildman–Crippen MR) is 111 cm³/mol. The lowest BCUT2D eigenvalue weighted by Crippen LogP contribution is -2.43.